The highest BCUT2D eigenvalue weighted by Gasteiger charge is 2.37. The van der Waals surface area contributed by atoms with Crippen LogP contribution >= 0.6 is 0 Å². The Labute approximate surface area is 174 Å². The van der Waals surface area contributed by atoms with Crippen molar-refractivity contribution in [3.63, 3.8) is 0 Å². The van der Waals surface area contributed by atoms with Gasteiger partial charge in [-0.3, -0.25) is 0 Å². The van der Waals surface area contributed by atoms with Gasteiger partial charge in [0, 0.05) is 19.6 Å². The first-order chi connectivity index (χ1) is 14.5. The molecule has 1 aromatic carbocycles. The third-order valence-corrected chi connectivity index (χ3v) is 5.76. The average molecular weight is 420 g/mol. The van der Waals surface area contributed by atoms with E-state index in [1.54, 1.807) is 19.1 Å². The summed E-state index contributed by atoms with van der Waals surface area (Å²) in [6.07, 6.45) is 1.14. The van der Waals surface area contributed by atoms with Crippen molar-refractivity contribution in [3.05, 3.63) is 29.8 Å². The zero-order valence-electron chi connectivity index (χ0n) is 17.1. The fourth-order valence-corrected chi connectivity index (χ4v) is 4.30. The van der Waals surface area contributed by atoms with Crippen molar-refractivity contribution >= 4 is 5.82 Å². The molecule has 0 spiro atoms. The van der Waals surface area contributed by atoms with Gasteiger partial charge in [0.1, 0.15) is 17.2 Å². The Morgan fingerprint density at radius 2 is 2.10 bits per heavy atom. The number of aryl methyl sites for hydroxylation is 1. The molecule has 162 valence electrons. The number of anilines is 1. The third kappa shape index (κ3) is 4.17. The van der Waals surface area contributed by atoms with E-state index in [2.05, 4.69) is 31.7 Å². The molecule has 30 heavy (non-hydrogen) atoms. The lowest BCUT2D eigenvalue weighted by Gasteiger charge is -2.47. The molecule has 9 heteroatoms. The van der Waals surface area contributed by atoms with E-state index in [1.165, 1.54) is 12.1 Å². The number of phenols is 1. The molecule has 2 aromatic rings. The van der Waals surface area contributed by atoms with Crippen LogP contribution in [0.3, 0.4) is 0 Å². The lowest BCUT2D eigenvalue weighted by atomic mass is 9.98. The smallest absolute Gasteiger partial charge is 0.387 e. The summed E-state index contributed by atoms with van der Waals surface area (Å²) in [6.45, 7) is 5.08. The number of phenolic OH excluding ortho intramolecular Hbond substituents is 1. The summed E-state index contributed by atoms with van der Waals surface area (Å²) in [6, 6.07) is 6.61. The number of hydrogen-bond donors (Lipinski definition) is 1. The van der Waals surface area contributed by atoms with Gasteiger partial charge in [-0.1, -0.05) is 6.92 Å². The largest absolute Gasteiger partial charge is 0.507 e. The predicted octanol–water partition coefficient (Wildman–Crippen LogP) is 3.06. The SMILES string of the molecule is CCN1CC[C@H]2OCCN(c3ccc(-c4c(O)cc(C)cc4OC(F)F)nn3)[C@H]2C1. The van der Waals surface area contributed by atoms with Crippen molar-refractivity contribution in [2.24, 2.45) is 0 Å². The summed E-state index contributed by atoms with van der Waals surface area (Å²) < 4.78 is 36.3. The minimum absolute atomic E-state index is 0.106. The van der Waals surface area contributed by atoms with Gasteiger partial charge in [0.15, 0.2) is 5.82 Å². The number of piperidine rings is 1. The molecule has 2 fully saturated rings. The Balaban J connectivity index is 1.62. The number of alkyl halides is 2. The Hall–Kier alpha value is -2.52. The summed E-state index contributed by atoms with van der Waals surface area (Å²) >= 11 is 0. The van der Waals surface area contributed by atoms with Gasteiger partial charge in [-0.15, -0.1) is 10.2 Å². The summed E-state index contributed by atoms with van der Waals surface area (Å²) in [7, 11) is 0. The molecule has 1 aromatic heterocycles. The molecule has 2 saturated heterocycles. The molecule has 3 heterocycles. The maximum Gasteiger partial charge on any atom is 0.387 e. The lowest BCUT2D eigenvalue weighted by molar-refractivity contribution is -0.0495. The topological polar surface area (TPSA) is 71.0 Å². The number of halogens is 2. The number of rotatable bonds is 5. The van der Waals surface area contributed by atoms with Gasteiger partial charge >= 0.3 is 6.61 Å². The van der Waals surface area contributed by atoms with E-state index in [4.69, 9.17) is 4.74 Å². The monoisotopic (exact) mass is 420 g/mol. The van der Waals surface area contributed by atoms with Crippen LogP contribution in [0, 0.1) is 6.92 Å². The van der Waals surface area contributed by atoms with Crippen LogP contribution in [0.15, 0.2) is 24.3 Å². The maximum atomic E-state index is 12.8. The third-order valence-electron chi connectivity index (χ3n) is 5.76. The van der Waals surface area contributed by atoms with Crippen LogP contribution in [-0.4, -0.2) is 71.7 Å². The van der Waals surface area contributed by atoms with E-state index in [0.29, 0.717) is 24.5 Å². The number of fused-ring (bicyclic) bond motifs is 1. The number of hydrogen-bond acceptors (Lipinski definition) is 7. The molecule has 1 N–H and O–H groups in total. The van der Waals surface area contributed by atoms with Gasteiger partial charge in [0.25, 0.3) is 0 Å². The molecule has 4 rings (SSSR count). The van der Waals surface area contributed by atoms with Crippen molar-refractivity contribution in [2.75, 3.05) is 37.7 Å². The Kier molecular flexibility index (Phi) is 6.01. The molecule has 2 aliphatic rings. The number of aromatic nitrogens is 2. The lowest BCUT2D eigenvalue weighted by Crippen LogP contribution is -2.60. The van der Waals surface area contributed by atoms with Crippen LogP contribution in [0.25, 0.3) is 11.3 Å². The number of morpholine rings is 1. The maximum absolute atomic E-state index is 12.8. The molecule has 0 bridgehead atoms. The molecule has 0 amide bonds. The van der Waals surface area contributed by atoms with Gasteiger partial charge < -0.3 is 24.4 Å². The van der Waals surface area contributed by atoms with E-state index in [1.807, 2.05) is 0 Å². The van der Waals surface area contributed by atoms with E-state index in [-0.39, 0.29) is 34.9 Å². The molecule has 7 nitrogen and oxygen atoms in total. The molecular formula is C21H26F2N4O3. The highest BCUT2D eigenvalue weighted by atomic mass is 19.3. The molecule has 0 unspecified atom stereocenters. The molecule has 2 atom stereocenters. The quantitative estimate of drug-likeness (QED) is 0.797. The van der Waals surface area contributed by atoms with Crippen molar-refractivity contribution < 1.29 is 23.4 Å². The molecule has 0 radical (unpaired) electrons. The number of likely N-dealkylation sites (N-methyl/N-ethyl adjacent to an activating group) is 1. The fraction of sp³-hybridized carbons (Fsp3) is 0.524. The van der Waals surface area contributed by atoms with Crippen molar-refractivity contribution in [1.82, 2.24) is 15.1 Å². The molecular weight excluding hydrogens is 394 g/mol. The number of nitrogens with zero attached hydrogens (tertiary/aromatic N) is 4. The normalized spacial score (nSPS) is 22.2. The first-order valence-corrected chi connectivity index (χ1v) is 10.2. The van der Waals surface area contributed by atoms with E-state index in [9.17, 15) is 13.9 Å². The number of aromatic hydroxyl groups is 1. The van der Waals surface area contributed by atoms with E-state index in [0.717, 1.165) is 26.1 Å². The Bertz CT molecular complexity index is 881. The van der Waals surface area contributed by atoms with Crippen LogP contribution in [0.5, 0.6) is 11.5 Å². The Morgan fingerprint density at radius 1 is 1.27 bits per heavy atom. The van der Waals surface area contributed by atoms with Gasteiger partial charge in [0.2, 0.25) is 0 Å². The second kappa shape index (κ2) is 8.69. The zero-order chi connectivity index (χ0) is 21.3. The van der Waals surface area contributed by atoms with E-state index >= 15 is 0 Å². The van der Waals surface area contributed by atoms with E-state index < -0.39 is 6.61 Å². The number of likely N-dealkylation sites (tertiary alicyclic amines) is 1. The molecule has 0 aliphatic carbocycles. The fourth-order valence-electron chi connectivity index (χ4n) is 4.30. The zero-order valence-corrected chi connectivity index (χ0v) is 17.1. The van der Waals surface area contributed by atoms with Crippen LogP contribution in [0.4, 0.5) is 14.6 Å². The summed E-state index contributed by atoms with van der Waals surface area (Å²) in [5.74, 6) is 0.407. The number of ether oxygens (including phenoxy) is 2. The summed E-state index contributed by atoms with van der Waals surface area (Å²) in [5, 5.41) is 18.9. The van der Waals surface area contributed by atoms with Gasteiger partial charge in [-0.25, -0.2) is 0 Å². The average Bonchev–Trinajstić information content (AvgIpc) is 2.72. The van der Waals surface area contributed by atoms with Gasteiger partial charge in [-0.05, 0) is 49.7 Å². The van der Waals surface area contributed by atoms with Crippen LogP contribution in [-0.2, 0) is 4.74 Å². The minimum atomic E-state index is -3.00. The Morgan fingerprint density at radius 3 is 2.80 bits per heavy atom. The minimum Gasteiger partial charge on any atom is -0.507 e. The van der Waals surface area contributed by atoms with Gasteiger partial charge in [-0.2, -0.15) is 8.78 Å². The first-order valence-electron chi connectivity index (χ1n) is 10.2. The standard InChI is InChI=1S/C21H26F2N4O3/c1-3-26-7-6-17-15(12-26)27(8-9-29-17)19-5-4-14(24-25-19)20-16(28)10-13(2)11-18(20)30-21(22)23/h4-5,10-11,15,17,21,28H,3,6-9,12H2,1-2H3/t15-,17+/m0/s1. The number of benzene rings is 1. The van der Waals surface area contributed by atoms with Crippen LogP contribution < -0.4 is 9.64 Å². The second-order valence-electron chi connectivity index (χ2n) is 7.66. The highest BCUT2D eigenvalue weighted by Crippen LogP contribution is 2.39. The second-order valence-corrected chi connectivity index (χ2v) is 7.66. The van der Waals surface area contributed by atoms with Gasteiger partial charge in [0.05, 0.1) is 24.3 Å². The van der Waals surface area contributed by atoms with Crippen molar-refractivity contribution in [1.29, 1.82) is 0 Å². The summed E-state index contributed by atoms with van der Waals surface area (Å²) in [5.41, 5.74) is 0.985. The molecule has 2 aliphatic heterocycles. The predicted molar refractivity (Wildman–Crippen MR) is 108 cm³/mol. The van der Waals surface area contributed by atoms with Crippen LogP contribution in [0.2, 0.25) is 0 Å². The van der Waals surface area contributed by atoms with Crippen LogP contribution in [0.1, 0.15) is 18.9 Å². The summed E-state index contributed by atoms with van der Waals surface area (Å²) in [4.78, 5) is 4.60. The molecule has 0 saturated carbocycles. The van der Waals surface area contributed by atoms with Crippen molar-refractivity contribution in [3.8, 4) is 22.8 Å². The first kappa shape index (κ1) is 20.7. The highest BCUT2D eigenvalue weighted by molar-refractivity contribution is 5.74. The van der Waals surface area contributed by atoms with Crippen molar-refractivity contribution in [2.45, 2.75) is 39.0 Å².